The number of hydrogen-bond acceptors (Lipinski definition) is 2. The van der Waals surface area contributed by atoms with Gasteiger partial charge in [0.05, 0.1) is 6.26 Å². The highest BCUT2D eigenvalue weighted by Crippen LogP contribution is 1.98. The van der Waals surface area contributed by atoms with Gasteiger partial charge in [0.15, 0.2) is 0 Å². The molecule has 0 saturated heterocycles. The lowest BCUT2D eigenvalue weighted by molar-refractivity contribution is 0.518. The van der Waals surface area contributed by atoms with E-state index >= 15 is 0 Å². The summed E-state index contributed by atoms with van der Waals surface area (Å²) in [6, 6.07) is 0. The summed E-state index contributed by atoms with van der Waals surface area (Å²) in [7, 11) is -1.46. The Morgan fingerprint density at radius 2 is 2.00 bits per heavy atom. The van der Waals surface area contributed by atoms with E-state index < -0.39 is 10.0 Å². The van der Waals surface area contributed by atoms with Crippen molar-refractivity contribution in [3.8, 4) is 0 Å². The minimum absolute atomic E-state index is 0.740. The summed E-state index contributed by atoms with van der Waals surface area (Å²) in [5.41, 5.74) is 0. The van der Waals surface area contributed by atoms with Crippen molar-refractivity contribution in [2.45, 2.75) is 13.3 Å². The topological polar surface area (TPSA) is 37.4 Å². The molecule has 0 aromatic rings. The predicted molar refractivity (Wildman–Crippen MR) is 37.2 cm³/mol. The first-order chi connectivity index (χ1) is 3.98. The zero-order valence-corrected chi connectivity index (χ0v) is 6.77. The van der Waals surface area contributed by atoms with Gasteiger partial charge >= 0.3 is 0 Å². The maximum Gasteiger partial charge on any atom is 0.211 e. The second kappa shape index (κ2) is 3.17. The Morgan fingerprint density at radius 1 is 1.56 bits per heavy atom. The van der Waals surface area contributed by atoms with Crippen molar-refractivity contribution in [3.63, 3.8) is 0 Å². The van der Waals surface area contributed by atoms with Crippen LogP contribution in [0.25, 0.3) is 0 Å². The summed E-state index contributed by atoms with van der Waals surface area (Å²) in [4.78, 5) is 0. The van der Waals surface area contributed by atoms with Crippen LogP contribution >= 0.6 is 0 Å². The third kappa shape index (κ3) is 3.48. The molecule has 0 bridgehead atoms. The molecule has 0 aliphatic carbocycles. The number of nitrogens with zero attached hydrogens (tertiary/aromatic N) is 1. The molecular weight excluding hydrogens is 138 g/mol. The second-order valence-corrected chi connectivity index (χ2v) is 3.91. The van der Waals surface area contributed by atoms with E-state index in [0.29, 0.717) is 0 Å². The molecule has 0 N–H and O–H groups in total. The molecule has 0 saturated carbocycles. The minimum atomic E-state index is -2.99. The van der Waals surface area contributed by atoms with E-state index in [1.165, 1.54) is 17.6 Å². The monoisotopic (exact) mass is 150 g/mol. The van der Waals surface area contributed by atoms with Crippen molar-refractivity contribution in [3.05, 3.63) is 6.54 Å². The van der Waals surface area contributed by atoms with Gasteiger partial charge < -0.3 is 0 Å². The normalized spacial score (nSPS) is 12.4. The lowest BCUT2D eigenvalue weighted by Crippen LogP contribution is -2.22. The first-order valence-corrected chi connectivity index (χ1v) is 4.59. The molecule has 0 aliphatic heterocycles. The van der Waals surface area contributed by atoms with Crippen molar-refractivity contribution in [2.75, 3.05) is 13.3 Å². The first-order valence-electron chi connectivity index (χ1n) is 2.74. The number of sulfonamides is 1. The molecule has 0 rings (SSSR count). The molecule has 0 fully saturated rings. The van der Waals surface area contributed by atoms with Crippen LogP contribution in [0, 0.1) is 6.54 Å². The first kappa shape index (κ1) is 8.91. The van der Waals surface area contributed by atoms with Crippen LogP contribution in [0.4, 0.5) is 0 Å². The molecule has 3 nitrogen and oxygen atoms in total. The molecule has 0 atom stereocenters. The van der Waals surface area contributed by atoms with Gasteiger partial charge in [0.2, 0.25) is 10.0 Å². The molecule has 9 heavy (non-hydrogen) atoms. The van der Waals surface area contributed by atoms with Gasteiger partial charge in [0.1, 0.15) is 0 Å². The fourth-order valence-electron chi connectivity index (χ4n) is 0.393. The van der Waals surface area contributed by atoms with Crippen LogP contribution in [0.5, 0.6) is 0 Å². The van der Waals surface area contributed by atoms with Gasteiger partial charge in [-0.3, -0.25) is 0 Å². The molecule has 0 unspecified atom stereocenters. The largest absolute Gasteiger partial charge is 0.213 e. The SMILES string of the molecule is CC[CH]N(C)S(C)(=O)=O. The van der Waals surface area contributed by atoms with Crippen molar-refractivity contribution in [2.24, 2.45) is 0 Å². The zero-order chi connectivity index (χ0) is 7.49. The van der Waals surface area contributed by atoms with Gasteiger partial charge in [-0.2, -0.15) is 0 Å². The van der Waals surface area contributed by atoms with Gasteiger partial charge in [-0.15, -0.1) is 0 Å². The van der Waals surface area contributed by atoms with Crippen LogP contribution in [0.3, 0.4) is 0 Å². The third-order valence-corrected chi connectivity index (χ3v) is 2.16. The standard InChI is InChI=1S/C5H12NO2S/c1-4-5-6(2)9(3,7)8/h5H,4H2,1-3H3. The minimum Gasteiger partial charge on any atom is -0.213 e. The summed E-state index contributed by atoms with van der Waals surface area (Å²) in [6.07, 6.45) is 1.92. The average Bonchev–Trinajstić information content (AvgIpc) is 1.64. The van der Waals surface area contributed by atoms with Crippen LogP contribution in [0.1, 0.15) is 13.3 Å². The van der Waals surface area contributed by atoms with E-state index in [2.05, 4.69) is 0 Å². The molecule has 4 heteroatoms. The molecule has 0 amide bonds. The predicted octanol–water partition coefficient (Wildman–Crippen LogP) is 0.450. The number of rotatable bonds is 3. The quantitative estimate of drug-likeness (QED) is 0.585. The highest BCUT2D eigenvalue weighted by atomic mass is 32.2. The van der Waals surface area contributed by atoms with E-state index in [1.54, 1.807) is 6.54 Å². The Labute approximate surface area is 56.7 Å². The fourth-order valence-corrected chi connectivity index (χ4v) is 0.812. The highest BCUT2D eigenvalue weighted by molar-refractivity contribution is 7.88. The summed E-state index contributed by atoms with van der Waals surface area (Å²) < 4.78 is 22.4. The molecular formula is C5H12NO2S. The van der Waals surface area contributed by atoms with Crippen molar-refractivity contribution < 1.29 is 8.42 Å². The lowest BCUT2D eigenvalue weighted by Gasteiger charge is -2.10. The fraction of sp³-hybridized carbons (Fsp3) is 0.800. The highest BCUT2D eigenvalue weighted by Gasteiger charge is 2.07. The van der Waals surface area contributed by atoms with E-state index in [-0.39, 0.29) is 0 Å². The van der Waals surface area contributed by atoms with Crippen LogP contribution < -0.4 is 0 Å². The van der Waals surface area contributed by atoms with Gasteiger partial charge in [-0.1, -0.05) is 6.92 Å². The molecule has 55 valence electrons. The smallest absolute Gasteiger partial charge is 0.211 e. The van der Waals surface area contributed by atoms with E-state index in [4.69, 9.17) is 0 Å². The van der Waals surface area contributed by atoms with E-state index in [9.17, 15) is 8.42 Å². The third-order valence-electron chi connectivity index (χ3n) is 0.963. The molecule has 1 radical (unpaired) electrons. The van der Waals surface area contributed by atoms with Crippen LogP contribution in [-0.4, -0.2) is 26.0 Å². The summed E-state index contributed by atoms with van der Waals surface area (Å²) in [6.45, 7) is 3.51. The Hall–Kier alpha value is -0.0900. The van der Waals surface area contributed by atoms with Crippen LogP contribution in [0.2, 0.25) is 0 Å². The summed E-state index contributed by atoms with van der Waals surface area (Å²) in [5, 5.41) is 0. The second-order valence-electron chi connectivity index (χ2n) is 1.87. The maximum absolute atomic E-state index is 10.6. The van der Waals surface area contributed by atoms with Gasteiger partial charge in [0, 0.05) is 13.6 Å². The molecule has 0 heterocycles. The van der Waals surface area contributed by atoms with Crippen LogP contribution in [-0.2, 0) is 10.0 Å². The lowest BCUT2D eigenvalue weighted by atomic mass is 10.5. The van der Waals surface area contributed by atoms with E-state index in [0.717, 1.165) is 6.42 Å². The van der Waals surface area contributed by atoms with Gasteiger partial charge in [-0.05, 0) is 6.42 Å². The van der Waals surface area contributed by atoms with Gasteiger partial charge in [-0.25, -0.2) is 12.7 Å². The average molecular weight is 150 g/mol. The van der Waals surface area contributed by atoms with Crippen molar-refractivity contribution in [1.29, 1.82) is 0 Å². The van der Waals surface area contributed by atoms with Crippen LogP contribution in [0.15, 0.2) is 0 Å². The zero-order valence-electron chi connectivity index (χ0n) is 5.96. The summed E-state index contributed by atoms with van der Waals surface area (Å²) in [5.74, 6) is 0. The maximum atomic E-state index is 10.6. The van der Waals surface area contributed by atoms with E-state index in [1.807, 2.05) is 6.92 Å². The molecule has 0 aromatic carbocycles. The van der Waals surface area contributed by atoms with Gasteiger partial charge in [0.25, 0.3) is 0 Å². The molecule has 0 aromatic heterocycles. The molecule has 0 spiro atoms. The Bertz CT molecular complexity index is 162. The molecule has 0 aliphatic rings. The van der Waals surface area contributed by atoms with Crippen molar-refractivity contribution >= 4 is 10.0 Å². The summed E-state index contributed by atoms with van der Waals surface area (Å²) >= 11 is 0. The Kier molecular flexibility index (Phi) is 3.14. The Morgan fingerprint density at radius 3 is 2.11 bits per heavy atom. The Balaban J connectivity index is 3.90. The van der Waals surface area contributed by atoms with Crippen molar-refractivity contribution in [1.82, 2.24) is 4.31 Å². The number of hydrogen-bond donors (Lipinski definition) is 0.